The number of methoxy groups -OCH3 is 1. The molecule has 104 valence electrons. The Morgan fingerprint density at radius 1 is 1.40 bits per heavy atom. The van der Waals surface area contributed by atoms with Crippen LogP contribution in [-0.2, 0) is 0 Å². The van der Waals surface area contributed by atoms with Gasteiger partial charge in [-0.3, -0.25) is 20.1 Å². The summed E-state index contributed by atoms with van der Waals surface area (Å²) in [6, 6.07) is 6.95. The van der Waals surface area contributed by atoms with E-state index in [1.165, 1.54) is 42.9 Å². The first-order valence-corrected chi connectivity index (χ1v) is 5.44. The zero-order valence-electron chi connectivity index (χ0n) is 10.3. The number of rotatable bonds is 4. The molecule has 0 atom stereocenters. The number of carbonyl (C=O) groups is 1. The van der Waals surface area contributed by atoms with Gasteiger partial charge in [-0.2, -0.15) is 0 Å². The van der Waals surface area contributed by atoms with Crippen molar-refractivity contribution in [3.8, 4) is 17.1 Å². The van der Waals surface area contributed by atoms with Gasteiger partial charge in [0.25, 0.3) is 5.69 Å². The van der Waals surface area contributed by atoms with Crippen LogP contribution in [0.1, 0.15) is 10.6 Å². The molecular formula is C12H10N2O6. The van der Waals surface area contributed by atoms with E-state index in [0.717, 1.165) is 0 Å². The smallest absolute Gasteiger partial charge is 0.310 e. The Morgan fingerprint density at radius 3 is 2.75 bits per heavy atom. The molecule has 0 unspecified atom stereocenters. The summed E-state index contributed by atoms with van der Waals surface area (Å²) in [6.07, 6.45) is 0. The minimum absolute atomic E-state index is 0.137. The first-order valence-electron chi connectivity index (χ1n) is 5.44. The molecule has 0 fully saturated rings. The van der Waals surface area contributed by atoms with Gasteiger partial charge in [0, 0.05) is 0 Å². The molecule has 2 rings (SSSR count). The Hall–Kier alpha value is -2.87. The Bertz CT molecular complexity index is 664. The summed E-state index contributed by atoms with van der Waals surface area (Å²) in [5, 5.41) is 19.5. The zero-order valence-corrected chi connectivity index (χ0v) is 10.3. The first-order chi connectivity index (χ1) is 9.56. The van der Waals surface area contributed by atoms with Crippen LogP contribution < -0.4 is 10.2 Å². The van der Waals surface area contributed by atoms with E-state index in [2.05, 4.69) is 0 Å². The summed E-state index contributed by atoms with van der Waals surface area (Å²) in [6.45, 7) is 0. The molecule has 1 heterocycles. The number of amides is 1. The second-order valence-electron chi connectivity index (χ2n) is 3.75. The molecule has 8 heteroatoms. The third-order valence-corrected chi connectivity index (χ3v) is 2.60. The second kappa shape index (κ2) is 5.41. The lowest BCUT2D eigenvalue weighted by Gasteiger charge is -2.03. The molecule has 0 saturated heterocycles. The number of nitrogens with one attached hydrogen (secondary N) is 1. The molecular weight excluding hydrogens is 268 g/mol. The normalized spacial score (nSPS) is 10.1. The molecule has 0 spiro atoms. The average molecular weight is 278 g/mol. The highest BCUT2D eigenvalue weighted by Crippen LogP contribution is 2.34. The van der Waals surface area contributed by atoms with Crippen molar-refractivity contribution >= 4 is 11.6 Å². The lowest BCUT2D eigenvalue weighted by molar-refractivity contribution is -0.384. The molecule has 0 aliphatic rings. The van der Waals surface area contributed by atoms with Gasteiger partial charge in [0.05, 0.1) is 23.7 Å². The summed E-state index contributed by atoms with van der Waals surface area (Å²) in [5.74, 6) is -0.529. The van der Waals surface area contributed by atoms with Crippen LogP contribution in [0, 0.1) is 10.1 Å². The van der Waals surface area contributed by atoms with Crippen LogP contribution in [0.4, 0.5) is 5.69 Å². The molecule has 1 aromatic carbocycles. The highest BCUT2D eigenvalue weighted by atomic mass is 16.6. The van der Waals surface area contributed by atoms with E-state index < -0.39 is 10.8 Å². The molecule has 2 N–H and O–H groups in total. The molecule has 0 radical (unpaired) electrons. The summed E-state index contributed by atoms with van der Waals surface area (Å²) in [4.78, 5) is 21.6. The highest BCUT2D eigenvalue weighted by Gasteiger charge is 2.20. The molecule has 8 nitrogen and oxygen atoms in total. The van der Waals surface area contributed by atoms with E-state index in [1.807, 2.05) is 0 Å². The second-order valence-corrected chi connectivity index (χ2v) is 3.75. The number of hydrogen-bond donors (Lipinski definition) is 2. The molecule has 20 heavy (non-hydrogen) atoms. The molecule has 0 aliphatic heterocycles. The Morgan fingerprint density at radius 2 is 2.15 bits per heavy atom. The number of nitro groups is 1. The average Bonchev–Trinajstić information content (AvgIpc) is 2.95. The number of benzene rings is 1. The topological polar surface area (TPSA) is 115 Å². The molecule has 0 aliphatic carbocycles. The number of hydrogen-bond acceptors (Lipinski definition) is 6. The van der Waals surface area contributed by atoms with E-state index in [1.54, 1.807) is 0 Å². The van der Waals surface area contributed by atoms with E-state index in [0.29, 0.717) is 5.75 Å². The van der Waals surface area contributed by atoms with Gasteiger partial charge < -0.3 is 9.15 Å². The maximum atomic E-state index is 11.2. The van der Waals surface area contributed by atoms with Crippen LogP contribution in [-0.4, -0.2) is 23.1 Å². The maximum Gasteiger partial charge on any atom is 0.310 e. The van der Waals surface area contributed by atoms with Crippen LogP contribution in [0.3, 0.4) is 0 Å². The number of carbonyl (C=O) groups excluding carboxylic acids is 1. The van der Waals surface area contributed by atoms with Gasteiger partial charge in [-0.1, -0.05) is 0 Å². The van der Waals surface area contributed by atoms with Crippen molar-refractivity contribution in [3.63, 3.8) is 0 Å². The number of hydroxylamine groups is 1. The third-order valence-electron chi connectivity index (χ3n) is 2.60. The van der Waals surface area contributed by atoms with Crippen LogP contribution in [0.2, 0.25) is 0 Å². The van der Waals surface area contributed by atoms with Gasteiger partial charge >= 0.3 is 5.91 Å². The van der Waals surface area contributed by atoms with Crippen LogP contribution in [0.5, 0.6) is 5.75 Å². The van der Waals surface area contributed by atoms with Gasteiger partial charge in [-0.15, -0.1) is 0 Å². The maximum absolute atomic E-state index is 11.2. The Kier molecular flexibility index (Phi) is 3.67. The predicted octanol–water partition coefficient (Wildman–Crippen LogP) is 1.98. The molecule has 1 amide bonds. The number of ether oxygens (including phenoxy) is 1. The van der Waals surface area contributed by atoms with Gasteiger partial charge in [-0.05, 0) is 24.3 Å². The summed E-state index contributed by atoms with van der Waals surface area (Å²) < 4.78 is 10.1. The SMILES string of the molecule is COc1ccc(-c2ccc(C(=O)NO)o2)c([N+](=O)[O-])c1. The van der Waals surface area contributed by atoms with Crippen molar-refractivity contribution in [2.75, 3.05) is 7.11 Å². The van der Waals surface area contributed by atoms with E-state index in [-0.39, 0.29) is 22.8 Å². The fraction of sp³-hybridized carbons (Fsp3) is 0.0833. The Balaban J connectivity index is 2.49. The fourth-order valence-corrected chi connectivity index (χ4v) is 1.66. The van der Waals surface area contributed by atoms with E-state index in [4.69, 9.17) is 14.4 Å². The summed E-state index contributed by atoms with van der Waals surface area (Å²) in [5.41, 5.74) is 1.40. The lowest BCUT2D eigenvalue weighted by Crippen LogP contribution is -2.17. The summed E-state index contributed by atoms with van der Waals surface area (Å²) >= 11 is 0. The van der Waals surface area contributed by atoms with Gasteiger partial charge in [0.2, 0.25) is 0 Å². The molecule has 0 bridgehead atoms. The standard InChI is InChI=1S/C12H10N2O6/c1-19-7-2-3-8(9(6-7)14(17)18)10-4-5-11(20-10)12(15)13-16/h2-6,16H,1H3,(H,13,15). The van der Waals surface area contributed by atoms with Crippen molar-refractivity contribution in [1.29, 1.82) is 0 Å². The first kappa shape index (κ1) is 13.6. The van der Waals surface area contributed by atoms with Gasteiger partial charge in [-0.25, -0.2) is 5.48 Å². The van der Waals surface area contributed by atoms with Crippen molar-refractivity contribution < 1.29 is 24.1 Å². The third kappa shape index (κ3) is 2.45. The predicted molar refractivity (Wildman–Crippen MR) is 66.6 cm³/mol. The van der Waals surface area contributed by atoms with Gasteiger partial charge in [0.1, 0.15) is 11.5 Å². The van der Waals surface area contributed by atoms with E-state index in [9.17, 15) is 14.9 Å². The lowest BCUT2D eigenvalue weighted by atomic mass is 10.1. The van der Waals surface area contributed by atoms with Crippen molar-refractivity contribution in [2.24, 2.45) is 0 Å². The van der Waals surface area contributed by atoms with Crippen molar-refractivity contribution in [2.45, 2.75) is 0 Å². The van der Waals surface area contributed by atoms with Crippen LogP contribution >= 0.6 is 0 Å². The largest absolute Gasteiger partial charge is 0.497 e. The number of furan rings is 1. The molecule has 2 aromatic rings. The zero-order chi connectivity index (χ0) is 14.7. The fourth-order valence-electron chi connectivity index (χ4n) is 1.66. The number of nitro benzene ring substituents is 1. The summed E-state index contributed by atoms with van der Waals surface area (Å²) in [7, 11) is 1.40. The van der Waals surface area contributed by atoms with E-state index >= 15 is 0 Å². The molecule has 0 saturated carbocycles. The monoisotopic (exact) mass is 278 g/mol. The number of nitrogens with zero attached hydrogens (tertiary/aromatic N) is 1. The van der Waals surface area contributed by atoms with Crippen molar-refractivity contribution in [3.05, 3.63) is 46.2 Å². The quantitative estimate of drug-likeness (QED) is 0.502. The molecule has 1 aromatic heterocycles. The minimum atomic E-state index is -0.840. The van der Waals surface area contributed by atoms with Crippen LogP contribution in [0.15, 0.2) is 34.7 Å². The highest BCUT2D eigenvalue weighted by molar-refractivity contribution is 5.91. The minimum Gasteiger partial charge on any atom is -0.497 e. The Labute approximate surface area is 112 Å². The van der Waals surface area contributed by atoms with Crippen molar-refractivity contribution in [1.82, 2.24) is 5.48 Å². The van der Waals surface area contributed by atoms with Crippen LogP contribution in [0.25, 0.3) is 11.3 Å². The van der Waals surface area contributed by atoms with Gasteiger partial charge in [0.15, 0.2) is 5.76 Å².